The molecule has 0 atom stereocenters. The van der Waals surface area contributed by atoms with Crippen molar-refractivity contribution in [1.82, 2.24) is 20.2 Å². The normalized spacial score (nSPS) is 17.9. The number of nitrogens with zero attached hydrogens (tertiary/aromatic N) is 3. The molecule has 0 aliphatic carbocycles. The molecule has 1 N–H and O–H groups in total. The van der Waals surface area contributed by atoms with Crippen molar-refractivity contribution in [1.29, 1.82) is 0 Å². The molecule has 184 valence electrons. The lowest BCUT2D eigenvalue weighted by atomic mass is 10.1. The van der Waals surface area contributed by atoms with Crippen LogP contribution in [0.1, 0.15) is 29.5 Å². The number of rotatable bonds is 7. The molecule has 0 unspecified atom stereocenters. The van der Waals surface area contributed by atoms with E-state index in [1.54, 1.807) is 18.2 Å². The maximum atomic E-state index is 11.8. The SMILES string of the molecule is Cc1c(Oc2cccc(/C=C3\SC(=O)NC3=O)c2)ncnc1OC1CCN(Cc2ccccc2)CC1. The smallest absolute Gasteiger partial charge is 0.290 e. The van der Waals surface area contributed by atoms with Crippen molar-refractivity contribution < 1.29 is 19.1 Å². The first-order valence-corrected chi connectivity index (χ1v) is 12.6. The zero-order valence-corrected chi connectivity index (χ0v) is 20.7. The number of piperidine rings is 1. The number of hydrogen-bond acceptors (Lipinski definition) is 8. The van der Waals surface area contributed by atoms with Gasteiger partial charge in [-0.15, -0.1) is 0 Å². The van der Waals surface area contributed by atoms with Crippen LogP contribution in [0.4, 0.5) is 4.79 Å². The first-order chi connectivity index (χ1) is 17.5. The van der Waals surface area contributed by atoms with E-state index in [2.05, 4.69) is 44.5 Å². The number of amides is 2. The van der Waals surface area contributed by atoms with Gasteiger partial charge in [0.2, 0.25) is 11.8 Å². The number of carbonyl (C=O) groups is 2. The van der Waals surface area contributed by atoms with Crippen LogP contribution in [0.5, 0.6) is 17.5 Å². The summed E-state index contributed by atoms with van der Waals surface area (Å²) in [6.07, 6.45) is 5.04. The Morgan fingerprint density at radius 1 is 1.06 bits per heavy atom. The van der Waals surface area contributed by atoms with E-state index in [0.29, 0.717) is 22.4 Å². The number of benzene rings is 2. The summed E-state index contributed by atoms with van der Waals surface area (Å²) < 4.78 is 12.3. The molecule has 0 spiro atoms. The van der Waals surface area contributed by atoms with Crippen LogP contribution in [-0.2, 0) is 11.3 Å². The summed E-state index contributed by atoms with van der Waals surface area (Å²) >= 11 is 0.880. The van der Waals surface area contributed by atoms with Crippen molar-refractivity contribution in [2.75, 3.05) is 13.1 Å². The lowest BCUT2D eigenvalue weighted by Crippen LogP contribution is -2.38. The minimum Gasteiger partial charge on any atom is -0.474 e. The molecule has 0 radical (unpaired) electrons. The van der Waals surface area contributed by atoms with Gasteiger partial charge in [0.1, 0.15) is 18.2 Å². The van der Waals surface area contributed by atoms with Crippen LogP contribution >= 0.6 is 11.8 Å². The molecule has 0 bridgehead atoms. The fourth-order valence-corrected chi connectivity index (χ4v) is 4.86. The second kappa shape index (κ2) is 10.9. The largest absolute Gasteiger partial charge is 0.474 e. The van der Waals surface area contributed by atoms with Gasteiger partial charge in [-0.1, -0.05) is 42.5 Å². The average molecular weight is 503 g/mol. The molecule has 36 heavy (non-hydrogen) atoms. The number of thioether (sulfide) groups is 1. The molecule has 3 aromatic rings. The summed E-state index contributed by atoms with van der Waals surface area (Å²) in [4.78, 5) is 34.7. The van der Waals surface area contributed by atoms with E-state index in [1.165, 1.54) is 11.9 Å². The minimum absolute atomic E-state index is 0.0891. The Hall–Kier alpha value is -3.69. The van der Waals surface area contributed by atoms with Crippen LogP contribution in [0.25, 0.3) is 6.08 Å². The first kappa shape index (κ1) is 24.0. The second-order valence-electron chi connectivity index (χ2n) is 8.71. The van der Waals surface area contributed by atoms with E-state index in [9.17, 15) is 9.59 Å². The Morgan fingerprint density at radius 2 is 1.83 bits per heavy atom. The van der Waals surface area contributed by atoms with Gasteiger partial charge >= 0.3 is 0 Å². The summed E-state index contributed by atoms with van der Waals surface area (Å²) in [6.45, 7) is 4.77. The summed E-state index contributed by atoms with van der Waals surface area (Å²) in [5.74, 6) is 1.10. The van der Waals surface area contributed by atoms with Crippen LogP contribution in [0.2, 0.25) is 0 Å². The lowest BCUT2D eigenvalue weighted by molar-refractivity contribution is -0.115. The molecule has 9 heteroatoms. The monoisotopic (exact) mass is 502 g/mol. The zero-order chi connectivity index (χ0) is 24.9. The Morgan fingerprint density at radius 3 is 2.58 bits per heavy atom. The molecule has 0 saturated carbocycles. The average Bonchev–Trinajstić information content (AvgIpc) is 3.20. The zero-order valence-electron chi connectivity index (χ0n) is 19.8. The maximum Gasteiger partial charge on any atom is 0.290 e. The standard InChI is InChI=1S/C27H26N4O4S/c1-18-25(34-21-10-12-31(13-11-21)16-19-6-3-2-4-7-19)28-17-29-26(18)35-22-9-5-8-20(14-22)15-23-24(32)30-27(33)36-23/h2-9,14-15,17,21H,10-13,16H2,1H3,(H,30,32,33)/b23-15-. The van der Waals surface area contributed by atoms with Gasteiger partial charge in [-0.25, -0.2) is 9.97 Å². The van der Waals surface area contributed by atoms with Crippen LogP contribution in [0.3, 0.4) is 0 Å². The molecular weight excluding hydrogens is 476 g/mol. The molecule has 2 saturated heterocycles. The van der Waals surface area contributed by atoms with Crippen molar-refractivity contribution in [2.45, 2.75) is 32.4 Å². The van der Waals surface area contributed by atoms with E-state index in [0.717, 1.165) is 55.4 Å². The third-order valence-corrected chi connectivity index (χ3v) is 6.88. The van der Waals surface area contributed by atoms with Gasteiger partial charge in [0.05, 0.1) is 10.5 Å². The van der Waals surface area contributed by atoms with Gasteiger partial charge < -0.3 is 9.47 Å². The highest BCUT2D eigenvalue weighted by molar-refractivity contribution is 8.18. The number of hydrogen-bond donors (Lipinski definition) is 1. The van der Waals surface area contributed by atoms with Crippen molar-refractivity contribution >= 4 is 29.0 Å². The molecule has 2 aliphatic rings. The first-order valence-electron chi connectivity index (χ1n) is 11.8. The molecule has 5 rings (SSSR count). The molecule has 1 aromatic heterocycles. The number of imide groups is 1. The summed E-state index contributed by atoms with van der Waals surface area (Å²) in [6, 6.07) is 17.8. The molecule has 2 amide bonds. The molecular formula is C27H26N4O4S. The van der Waals surface area contributed by atoms with Gasteiger partial charge in [-0.3, -0.25) is 19.8 Å². The van der Waals surface area contributed by atoms with E-state index < -0.39 is 5.91 Å². The molecule has 2 fully saturated rings. The van der Waals surface area contributed by atoms with E-state index >= 15 is 0 Å². The van der Waals surface area contributed by atoms with E-state index in [1.807, 2.05) is 25.1 Å². The fourth-order valence-electron chi connectivity index (χ4n) is 4.18. The predicted octanol–water partition coefficient (Wildman–Crippen LogP) is 4.94. The molecule has 2 aromatic carbocycles. The van der Waals surface area contributed by atoms with Crippen molar-refractivity contribution in [3.63, 3.8) is 0 Å². The third-order valence-electron chi connectivity index (χ3n) is 6.07. The maximum absolute atomic E-state index is 11.8. The number of nitrogens with one attached hydrogen (secondary N) is 1. The third kappa shape index (κ3) is 5.92. The van der Waals surface area contributed by atoms with Gasteiger partial charge in [0.15, 0.2) is 0 Å². The highest BCUT2D eigenvalue weighted by Crippen LogP contribution is 2.31. The van der Waals surface area contributed by atoms with Crippen LogP contribution < -0.4 is 14.8 Å². The topological polar surface area (TPSA) is 93.6 Å². The van der Waals surface area contributed by atoms with Gasteiger partial charge in [-0.05, 0) is 60.9 Å². The Balaban J connectivity index is 1.21. The lowest BCUT2D eigenvalue weighted by Gasteiger charge is -2.32. The number of aromatic nitrogens is 2. The number of ether oxygens (including phenoxy) is 2. The summed E-state index contributed by atoms with van der Waals surface area (Å²) in [5, 5.41) is 1.88. The highest BCUT2D eigenvalue weighted by Gasteiger charge is 2.25. The quantitative estimate of drug-likeness (QED) is 0.454. The highest BCUT2D eigenvalue weighted by atomic mass is 32.2. The Kier molecular flexibility index (Phi) is 7.29. The Labute approximate surface area is 213 Å². The van der Waals surface area contributed by atoms with Crippen molar-refractivity contribution in [3.8, 4) is 17.5 Å². The fraction of sp³-hybridized carbons (Fsp3) is 0.259. The van der Waals surface area contributed by atoms with Gasteiger partial charge in [0, 0.05) is 19.6 Å². The van der Waals surface area contributed by atoms with Gasteiger partial charge in [0.25, 0.3) is 11.1 Å². The number of carbonyl (C=O) groups excluding carboxylic acids is 2. The predicted molar refractivity (Wildman–Crippen MR) is 138 cm³/mol. The second-order valence-corrected chi connectivity index (χ2v) is 9.73. The van der Waals surface area contributed by atoms with E-state index in [-0.39, 0.29) is 11.3 Å². The molecule has 3 heterocycles. The van der Waals surface area contributed by atoms with Crippen molar-refractivity contribution in [3.05, 3.63) is 82.5 Å². The van der Waals surface area contributed by atoms with E-state index in [4.69, 9.17) is 9.47 Å². The Bertz CT molecular complexity index is 1290. The minimum atomic E-state index is -0.393. The van der Waals surface area contributed by atoms with Crippen LogP contribution in [0.15, 0.2) is 65.8 Å². The summed E-state index contributed by atoms with van der Waals surface area (Å²) in [7, 11) is 0. The van der Waals surface area contributed by atoms with Gasteiger partial charge in [-0.2, -0.15) is 0 Å². The van der Waals surface area contributed by atoms with Crippen LogP contribution in [-0.4, -0.2) is 45.2 Å². The number of likely N-dealkylation sites (tertiary alicyclic amines) is 1. The van der Waals surface area contributed by atoms with Crippen LogP contribution in [0, 0.1) is 6.92 Å². The molecule has 8 nitrogen and oxygen atoms in total. The summed E-state index contributed by atoms with van der Waals surface area (Å²) in [5.41, 5.74) is 2.79. The van der Waals surface area contributed by atoms with Crippen molar-refractivity contribution in [2.24, 2.45) is 0 Å². The molecule has 2 aliphatic heterocycles.